The van der Waals surface area contributed by atoms with Crippen LogP contribution in [-0.4, -0.2) is 17.9 Å². The number of benzene rings is 1. The molecule has 0 unspecified atom stereocenters. The number of rotatable bonds is 7. The zero-order chi connectivity index (χ0) is 23.4. The van der Waals surface area contributed by atoms with E-state index in [1.54, 1.807) is 23.6 Å². The number of amides is 2. The normalized spacial score (nSPS) is 15.4. The van der Waals surface area contributed by atoms with Gasteiger partial charge in [-0.05, 0) is 53.9 Å². The predicted octanol–water partition coefficient (Wildman–Crippen LogP) is 6.20. The van der Waals surface area contributed by atoms with Crippen molar-refractivity contribution in [2.24, 2.45) is 0 Å². The fraction of sp³-hybridized carbons (Fsp3) is 0.333. The van der Waals surface area contributed by atoms with Crippen molar-refractivity contribution in [3.8, 4) is 0 Å². The second kappa shape index (κ2) is 10.1. The monoisotopic (exact) mass is 492 g/mol. The first kappa shape index (κ1) is 23.5. The van der Waals surface area contributed by atoms with Gasteiger partial charge in [0.15, 0.2) is 0 Å². The van der Waals surface area contributed by atoms with E-state index in [0.717, 1.165) is 42.7 Å². The fourth-order valence-corrected chi connectivity index (χ4v) is 5.60. The molecular weight excluding hydrogens is 469 g/mol. The highest BCUT2D eigenvalue weighted by Crippen LogP contribution is 2.36. The van der Waals surface area contributed by atoms with E-state index in [-0.39, 0.29) is 24.1 Å². The number of carbonyl (C=O) groups is 2. The summed E-state index contributed by atoms with van der Waals surface area (Å²) < 4.78 is 40.4. The van der Waals surface area contributed by atoms with Crippen LogP contribution in [0.1, 0.15) is 47.0 Å². The van der Waals surface area contributed by atoms with Crippen LogP contribution in [0.4, 0.5) is 18.9 Å². The van der Waals surface area contributed by atoms with Gasteiger partial charge in [0, 0.05) is 21.5 Å². The average molecular weight is 493 g/mol. The number of hydrogen-bond acceptors (Lipinski definition) is 4. The molecule has 2 aromatic heterocycles. The number of carbonyl (C=O) groups excluding carboxylic acids is 2. The third-order valence-corrected chi connectivity index (χ3v) is 7.45. The van der Waals surface area contributed by atoms with Crippen molar-refractivity contribution in [2.45, 2.75) is 50.4 Å². The van der Waals surface area contributed by atoms with Crippen molar-refractivity contribution < 1.29 is 22.8 Å². The van der Waals surface area contributed by atoms with E-state index in [0.29, 0.717) is 4.88 Å². The molecule has 9 heteroatoms. The third-order valence-electron chi connectivity index (χ3n) is 5.65. The van der Waals surface area contributed by atoms with Crippen molar-refractivity contribution >= 4 is 40.2 Å². The lowest BCUT2D eigenvalue weighted by atomic mass is 10.1. The Labute approximate surface area is 198 Å². The van der Waals surface area contributed by atoms with Crippen molar-refractivity contribution in [2.75, 3.05) is 4.90 Å². The molecule has 1 aliphatic carbocycles. The maximum Gasteiger partial charge on any atom is 0.416 e. The highest BCUT2D eigenvalue weighted by Gasteiger charge is 2.37. The van der Waals surface area contributed by atoms with E-state index in [4.69, 9.17) is 0 Å². The van der Waals surface area contributed by atoms with Gasteiger partial charge in [-0.2, -0.15) is 13.2 Å². The van der Waals surface area contributed by atoms with E-state index in [1.165, 1.54) is 39.7 Å². The summed E-state index contributed by atoms with van der Waals surface area (Å²) in [5, 5.41) is 6.66. The van der Waals surface area contributed by atoms with E-state index >= 15 is 0 Å². The Kier molecular flexibility index (Phi) is 7.19. The van der Waals surface area contributed by atoms with Gasteiger partial charge < -0.3 is 5.32 Å². The Balaban J connectivity index is 1.76. The highest BCUT2D eigenvalue weighted by molar-refractivity contribution is 7.10. The molecule has 174 valence electrons. The number of hydrogen-bond donors (Lipinski definition) is 1. The smallest absolute Gasteiger partial charge is 0.351 e. The second-order valence-corrected chi connectivity index (χ2v) is 9.99. The third kappa shape index (κ3) is 5.65. The van der Waals surface area contributed by atoms with Crippen molar-refractivity contribution in [1.82, 2.24) is 5.32 Å². The number of halogens is 3. The molecule has 3 aromatic rings. The zero-order valence-corrected chi connectivity index (χ0v) is 19.3. The van der Waals surface area contributed by atoms with Gasteiger partial charge in [-0.1, -0.05) is 31.0 Å². The Morgan fingerprint density at radius 1 is 1.03 bits per heavy atom. The Hall–Kier alpha value is -2.65. The number of alkyl halides is 3. The minimum atomic E-state index is -4.57. The molecule has 4 rings (SSSR count). The summed E-state index contributed by atoms with van der Waals surface area (Å²) in [6.07, 6.45) is -0.826. The van der Waals surface area contributed by atoms with E-state index in [9.17, 15) is 22.8 Å². The second-order valence-electron chi connectivity index (χ2n) is 7.98. The molecule has 0 bridgehead atoms. The molecule has 4 nitrogen and oxygen atoms in total. The first-order chi connectivity index (χ1) is 15.8. The maximum absolute atomic E-state index is 13.5. The summed E-state index contributed by atoms with van der Waals surface area (Å²) in [5.74, 6) is -0.807. The quantitative estimate of drug-likeness (QED) is 0.427. The lowest BCUT2D eigenvalue weighted by molar-refractivity contribution is -0.137. The van der Waals surface area contributed by atoms with Crippen LogP contribution in [0.15, 0.2) is 59.3 Å². The van der Waals surface area contributed by atoms with Crippen LogP contribution in [0.25, 0.3) is 0 Å². The fourth-order valence-electron chi connectivity index (χ4n) is 4.09. The zero-order valence-electron chi connectivity index (χ0n) is 17.7. The van der Waals surface area contributed by atoms with E-state index in [2.05, 4.69) is 5.32 Å². The maximum atomic E-state index is 13.5. The summed E-state index contributed by atoms with van der Waals surface area (Å²) in [7, 11) is 0. The molecule has 2 heterocycles. The minimum Gasteiger partial charge on any atom is -0.351 e. The molecule has 1 saturated carbocycles. The summed E-state index contributed by atoms with van der Waals surface area (Å²) in [6, 6.07) is 10.7. The molecule has 0 saturated heterocycles. The van der Waals surface area contributed by atoms with Crippen LogP contribution in [0.5, 0.6) is 0 Å². The first-order valence-electron chi connectivity index (χ1n) is 10.7. The molecule has 33 heavy (non-hydrogen) atoms. The molecule has 0 spiro atoms. The van der Waals surface area contributed by atoms with E-state index < -0.39 is 23.7 Å². The summed E-state index contributed by atoms with van der Waals surface area (Å²) in [4.78, 5) is 29.6. The summed E-state index contributed by atoms with van der Waals surface area (Å²) >= 11 is 2.69. The first-order valence-corrected chi connectivity index (χ1v) is 12.4. The largest absolute Gasteiger partial charge is 0.416 e. The van der Waals surface area contributed by atoms with Crippen LogP contribution in [0, 0.1) is 0 Å². The molecule has 1 N–H and O–H groups in total. The van der Waals surface area contributed by atoms with Gasteiger partial charge in [-0.25, -0.2) is 0 Å². The average Bonchev–Trinajstić information content (AvgIpc) is 3.55. The summed E-state index contributed by atoms with van der Waals surface area (Å²) in [5.41, 5.74) is -0.818. The lowest BCUT2D eigenvalue weighted by Gasteiger charge is -2.32. The van der Waals surface area contributed by atoms with Gasteiger partial charge >= 0.3 is 6.18 Å². The van der Waals surface area contributed by atoms with Crippen molar-refractivity contribution in [3.05, 3.63) is 74.6 Å². The van der Waals surface area contributed by atoms with E-state index in [1.807, 2.05) is 11.4 Å². The molecular formula is C24H23F3N2O2S2. The lowest BCUT2D eigenvalue weighted by Crippen LogP contribution is -2.46. The molecule has 1 aliphatic rings. The van der Waals surface area contributed by atoms with Gasteiger partial charge in [0.2, 0.25) is 11.8 Å². The number of anilines is 1. The predicted molar refractivity (Wildman–Crippen MR) is 124 cm³/mol. The molecule has 0 aliphatic heterocycles. The van der Waals surface area contributed by atoms with Gasteiger partial charge in [0.25, 0.3) is 0 Å². The highest BCUT2D eigenvalue weighted by atomic mass is 32.1. The van der Waals surface area contributed by atoms with Crippen LogP contribution in [-0.2, 0) is 22.2 Å². The van der Waals surface area contributed by atoms with Crippen molar-refractivity contribution in [3.63, 3.8) is 0 Å². The van der Waals surface area contributed by atoms with Gasteiger partial charge in [-0.3, -0.25) is 14.5 Å². The topological polar surface area (TPSA) is 49.4 Å². The molecule has 1 atom stereocenters. The van der Waals surface area contributed by atoms with Crippen LogP contribution in [0.3, 0.4) is 0 Å². The number of nitrogens with one attached hydrogen (secondary N) is 1. The number of thiophene rings is 2. The standard InChI is InChI=1S/C24H23F3N2O2S2/c25-24(26,27)16-6-3-9-18(14-16)29(21(30)15-19-10-4-12-32-19)22(20-11-5-13-33-20)23(31)28-17-7-1-2-8-17/h3-6,9-14,17,22H,1-2,7-8,15H2,(H,28,31)/t22-/m0/s1. The SMILES string of the molecule is O=C(NC1CCCC1)[C@H](c1cccs1)N(C(=O)Cc1cccs1)c1cccc(C(F)(F)F)c1. The Morgan fingerprint density at radius 2 is 1.76 bits per heavy atom. The molecule has 2 amide bonds. The Bertz CT molecular complexity index is 1080. The minimum absolute atomic E-state index is 0.00744. The van der Waals surface area contributed by atoms with Gasteiger partial charge in [0.05, 0.1) is 12.0 Å². The van der Waals surface area contributed by atoms with Gasteiger partial charge in [-0.15, -0.1) is 22.7 Å². The van der Waals surface area contributed by atoms with Crippen LogP contribution < -0.4 is 10.2 Å². The Morgan fingerprint density at radius 3 is 2.39 bits per heavy atom. The number of nitrogens with zero attached hydrogens (tertiary/aromatic N) is 1. The molecule has 1 aromatic carbocycles. The summed E-state index contributed by atoms with van der Waals surface area (Å²) in [6.45, 7) is 0. The van der Waals surface area contributed by atoms with Crippen LogP contribution >= 0.6 is 22.7 Å². The van der Waals surface area contributed by atoms with Gasteiger partial charge in [0.1, 0.15) is 6.04 Å². The van der Waals surface area contributed by atoms with Crippen LogP contribution in [0.2, 0.25) is 0 Å². The van der Waals surface area contributed by atoms with Crippen molar-refractivity contribution in [1.29, 1.82) is 0 Å². The molecule has 1 fully saturated rings. The molecule has 0 radical (unpaired) electrons.